The third-order valence-corrected chi connectivity index (χ3v) is 9.56. The van der Waals surface area contributed by atoms with Crippen molar-refractivity contribution >= 4 is 17.7 Å². The fraction of sp³-hybridized carbons (Fsp3) is 0.720. The fourth-order valence-electron chi connectivity index (χ4n) is 8.12. The van der Waals surface area contributed by atoms with Gasteiger partial charge in [-0.05, 0) is 38.7 Å². The SMILES string of the molecule is C/C=C(\C)C(=O)OC1[C@H]2C(C)=CC(=O)[C@@H](O)[C@]2(C)[C@H]2[C@@]3(O)OC[C@@]24[C@@H]1OC(=O)C[C@H]4[C@@H](C)[C@H]3O. The molecular weight excluding hydrogens is 444 g/mol. The second-order valence-corrected chi connectivity index (χ2v) is 11.0. The van der Waals surface area contributed by atoms with Gasteiger partial charge in [-0.15, -0.1) is 0 Å². The largest absolute Gasteiger partial charge is 0.458 e. The van der Waals surface area contributed by atoms with Crippen molar-refractivity contribution in [3.63, 3.8) is 0 Å². The molecule has 0 aromatic rings. The maximum absolute atomic E-state index is 13.0. The number of aliphatic hydroxyl groups is 3. The molecule has 2 aliphatic heterocycles. The Bertz CT molecular complexity index is 1030. The molecule has 3 N–H and O–H groups in total. The number of hydrogen-bond acceptors (Lipinski definition) is 9. The van der Waals surface area contributed by atoms with E-state index in [0.29, 0.717) is 11.1 Å². The number of hydrogen-bond donors (Lipinski definition) is 3. The zero-order chi connectivity index (χ0) is 25.0. The first-order chi connectivity index (χ1) is 15.8. The number of esters is 2. The minimum absolute atomic E-state index is 0.0150. The van der Waals surface area contributed by atoms with Crippen molar-refractivity contribution in [3.05, 3.63) is 23.3 Å². The van der Waals surface area contributed by atoms with E-state index >= 15 is 0 Å². The molecule has 1 spiro atoms. The summed E-state index contributed by atoms with van der Waals surface area (Å²) in [6, 6.07) is 0. The molecule has 3 aliphatic carbocycles. The number of ketones is 1. The predicted molar refractivity (Wildman–Crippen MR) is 116 cm³/mol. The molecule has 9 heteroatoms. The van der Waals surface area contributed by atoms with Crippen LogP contribution in [-0.2, 0) is 28.6 Å². The smallest absolute Gasteiger partial charge is 0.333 e. The van der Waals surface area contributed by atoms with E-state index in [1.807, 2.05) is 0 Å². The number of carbonyl (C=O) groups is 3. The van der Waals surface area contributed by atoms with E-state index in [0.717, 1.165) is 0 Å². The van der Waals surface area contributed by atoms with Gasteiger partial charge in [0.2, 0.25) is 0 Å². The third-order valence-electron chi connectivity index (χ3n) is 9.56. The molecule has 2 bridgehead atoms. The van der Waals surface area contributed by atoms with E-state index in [9.17, 15) is 29.7 Å². The first-order valence-corrected chi connectivity index (χ1v) is 11.8. The van der Waals surface area contributed by atoms with E-state index in [1.54, 1.807) is 40.7 Å². The highest BCUT2D eigenvalue weighted by Gasteiger charge is 2.84. The summed E-state index contributed by atoms with van der Waals surface area (Å²) in [5, 5.41) is 34.3. The van der Waals surface area contributed by atoms with Crippen LogP contribution in [0.25, 0.3) is 0 Å². The van der Waals surface area contributed by atoms with Crippen LogP contribution in [0.4, 0.5) is 0 Å². The lowest BCUT2D eigenvalue weighted by Crippen LogP contribution is -2.79. The van der Waals surface area contributed by atoms with Crippen molar-refractivity contribution in [2.24, 2.45) is 34.5 Å². The number of carbonyl (C=O) groups excluding carboxylic acids is 3. The summed E-state index contributed by atoms with van der Waals surface area (Å²) in [6.45, 7) is 8.37. The normalized spacial score (nSPS) is 51.8. The molecular formula is C25H32O9. The Kier molecular flexibility index (Phi) is 5.03. The highest BCUT2D eigenvalue weighted by molar-refractivity contribution is 5.96. The van der Waals surface area contributed by atoms with Gasteiger partial charge >= 0.3 is 11.9 Å². The highest BCUT2D eigenvalue weighted by Crippen LogP contribution is 2.73. The number of ether oxygens (including phenoxy) is 3. The summed E-state index contributed by atoms with van der Waals surface area (Å²) >= 11 is 0. The standard InChI is InChI=1S/C25H32O9/c1-6-10(2)21(30)34-17-16-11(3)7-14(26)19(29)23(16,5)22-24-9-32-25(22,31)18(28)12(4)13(24)8-15(27)33-20(17)24/h6-7,12-13,16-20,22,28-29,31H,8-9H2,1-5H3/b10-6+/t12-,13+,16-,17?,18-,19-,20-,22-,23-,24-,25+/m1/s1. The lowest BCUT2D eigenvalue weighted by Gasteiger charge is -2.68. The molecule has 2 saturated carbocycles. The Hall–Kier alpha value is -2.07. The Morgan fingerprint density at radius 1 is 1.29 bits per heavy atom. The Balaban J connectivity index is 1.79. The summed E-state index contributed by atoms with van der Waals surface area (Å²) in [5.41, 5.74) is -1.53. The Morgan fingerprint density at radius 2 is 1.97 bits per heavy atom. The van der Waals surface area contributed by atoms with Crippen molar-refractivity contribution in [2.75, 3.05) is 6.61 Å². The average Bonchev–Trinajstić information content (AvgIpc) is 3.08. The van der Waals surface area contributed by atoms with Crippen LogP contribution < -0.4 is 0 Å². The number of allylic oxidation sites excluding steroid dienone is 1. The van der Waals surface area contributed by atoms with Crippen molar-refractivity contribution in [1.82, 2.24) is 0 Å². The van der Waals surface area contributed by atoms with Gasteiger partial charge in [0.25, 0.3) is 0 Å². The second kappa shape index (κ2) is 7.22. The summed E-state index contributed by atoms with van der Waals surface area (Å²) in [7, 11) is 0. The van der Waals surface area contributed by atoms with Gasteiger partial charge in [-0.1, -0.05) is 25.5 Å². The molecule has 0 amide bonds. The molecule has 0 aromatic heterocycles. The minimum Gasteiger partial charge on any atom is -0.458 e. The van der Waals surface area contributed by atoms with Crippen molar-refractivity contribution in [3.8, 4) is 0 Å². The molecule has 0 aromatic carbocycles. The molecule has 34 heavy (non-hydrogen) atoms. The molecule has 4 fully saturated rings. The zero-order valence-corrected chi connectivity index (χ0v) is 20.0. The van der Waals surface area contributed by atoms with Crippen molar-refractivity contribution in [1.29, 1.82) is 0 Å². The summed E-state index contributed by atoms with van der Waals surface area (Å²) in [4.78, 5) is 38.7. The first-order valence-electron chi connectivity index (χ1n) is 11.8. The summed E-state index contributed by atoms with van der Waals surface area (Å²) in [5.74, 6) is -6.42. The molecule has 2 saturated heterocycles. The predicted octanol–water partition coefficient (Wildman–Crippen LogP) is 0.654. The van der Waals surface area contributed by atoms with Gasteiger partial charge in [0, 0.05) is 34.7 Å². The maximum Gasteiger partial charge on any atom is 0.333 e. The molecule has 5 aliphatic rings. The van der Waals surface area contributed by atoms with Gasteiger partial charge in [0.1, 0.15) is 24.4 Å². The molecule has 0 radical (unpaired) electrons. The van der Waals surface area contributed by atoms with Crippen molar-refractivity contribution < 1.29 is 43.9 Å². The monoisotopic (exact) mass is 476 g/mol. The van der Waals surface area contributed by atoms with Gasteiger partial charge < -0.3 is 29.5 Å². The zero-order valence-electron chi connectivity index (χ0n) is 20.0. The van der Waals surface area contributed by atoms with E-state index in [2.05, 4.69) is 0 Å². The van der Waals surface area contributed by atoms with Crippen molar-refractivity contribution in [2.45, 2.75) is 71.2 Å². The number of rotatable bonds is 2. The van der Waals surface area contributed by atoms with Crippen LogP contribution in [0, 0.1) is 34.5 Å². The van der Waals surface area contributed by atoms with Crippen LogP contribution in [0.3, 0.4) is 0 Å². The topological polar surface area (TPSA) is 140 Å². The molecule has 186 valence electrons. The molecule has 2 heterocycles. The minimum atomic E-state index is -2.07. The fourth-order valence-corrected chi connectivity index (χ4v) is 8.12. The Labute approximate surface area is 197 Å². The highest BCUT2D eigenvalue weighted by atomic mass is 16.7. The maximum atomic E-state index is 13.0. The molecule has 1 unspecified atom stereocenters. The van der Waals surface area contributed by atoms with Crippen LogP contribution in [0.15, 0.2) is 23.3 Å². The lowest BCUT2D eigenvalue weighted by atomic mass is 9.37. The summed E-state index contributed by atoms with van der Waals surface area (Å²) in [6.07, 6.45) is -1.99. The Morgan fingerprint density at radius 3 is 2.62 bits per heavy atom. The van der Waals surface area contributed by atoms with Crippen LogP contribution in [0.1, 0.15) is 41.0 Å². The lowest BCUT2D eigenvalue weighted by molar-refractivity contribution is -0.344. The molecule has 11 atom stereocenters. The van der Waals surface area contributed by atoms with E-state index in [-0.39, 0.29) is 13.0 Å². The quantitative estimate of drug-likeness (QED) is 0.387. The van der Waals surface area contributed by atoms with Gasteiger partial charge in [-0.3, -0.25) is 9.59 Å². The van der Waals surface area contributed by atoms with E-state index in [4.69, 9.17) is 14.2 Å². The van der Waals surface area contributed by atoms with Gasteiger partial charge in [-0.25, -0.2) is 4.79 Å². The van der Waals surface area contributed by atoms with Gasteiger partial charge in [0.05, 0.1) is 6.61 Å². The van der Waals surface area contributed by atoms with Crippen LogP contribution >= 0.6 is 0 Å². The van der Waals surface area contributed by atoms with Crippen LogP contribution in [-0.4, -0.2) is 69.9 Å². The number of fused-ring (bicyclic) bond motifs is 1. The van der Waals surface area contributed by atoms with Gasteiger partial charge in [-0.2, -0.15) is 0 Å². The van der Waals surface area contributed by atoms with E-state index in [1.165, 1.54) is 6.08 Å². The molecule has 9 nitrogen and oxygen atoms in total. The van der Waals surface area contributed by atoms with E-state index < -0.39 is 82.4 Å². The molecule has 5 rings (SSSR count). The first kappa shape index (κ1) is 23.7. The number of aliphatic hydroxyl groups excluding tert-OH is 2. The van der Waals surface area contributed by atoms with Crippen LogP contribution in [0.2, 0.25) is 0 Å². The van der Waals surface area contributed by atoms with Crippen LogP contribution in [0.5, 0.6) is 0 Å². The second-order valence-electron chi connectivity index (χ2n) is 11.0. The third kappa shape index (κ3) is 2.56. The summed E-state index contributed by atoms with van der Waals surface area (Å²) < 4.78 is 17.8. The average molecular weight is 477 g/mol. The van der Waals surface area contributed by atoms with Gasteiger partial charge in [0.15, 0.2) is 11.6 Å².